The Morgan fingerprint density at radius 3 is 2.60 bits per heavy atom. The van der Waals surface area contributed by atoms with Crippen LogP contribution in [0.4, 0.5) is 5.69 Å². The lowest BCUT2D eigenvalue weighted by atomic mass is 10.1. The number of hydrogen-bond acceptors (Lipinski definition) is 5. The number of benzene rings is 1. The van der Waals surface area contributed by atoms with Gasteiger partial charge in [-0.3, -0.25) is 10.1 Å². The maximum absolute atomic E-state index is 11.1. The van der Waals surface area contributed by atoms with Crippen LogP contribution in [0.25, 0.3) is 0 Å². The molecule has 2 atom stereocenters. The highest BCUT2D eigenvalue weighted by Gasteiger charge is 2.22. The summed E-state index contributed by atoms with van der Waals surface area (Å²) in [5.41, 5.74) is 0.0113. The van der Waals surface area contributed by atoms with Crippen molar-refractivity contribution in [2.75, 3.05) is 0 Å². The first-order valence-electron chi connectivity index (χ1n) is 6.22. The number of carboxylic acid groups (broad SMARTS) is 1. The molecule has 7 heteroatoms. The predicted molar refractivity (Wildman–Crippen MR) is 70.7 cm³/mol. The molecule has 0 spiro atoms. The number of aliphatic hydroxyl groups excluding tert-OH is 1. The van der Waals surface area contributed by atoms with E-state index in [2.05, 4.69) is 0 Å². The molecule has 2 unspecified atom stereocenters. The van der Waals surface area contributed by atoms with Gasteiger partial charge in [-0.25, -0.2) is 4.79 Å². The molecule has 0 aliphatic heterocycles. The number of carboxylic acids is 1. The highest BCUT2D eigenvalue weighted by molar-refractivity contribution is 5.72. The summed E-state index contributed by atoms with van der Waals surface area (Å²) in [6, 6.07) is 3.71. The molecular formula is C13H17NO6. The molecule has 0 radical (unpaired) electrons. The van der Waals surface area contributed by atoms with E-state index < -0.39 is 23.1 Å². The van der Waals surface area contributed by atoms with E-state index in [1.165, 1.54) is 25.1 Å². The van der Waals surface area contributed by atoms with Crippen LogP contribution in [0.5, 0.6) is 5.75 Å². The summed E-state index contributed by atoms with van der Waals surface area (Å²) < 4.78 is 5.36. The fourth-order valence-electron chi connectivity index (χ4n) is 1.73. The first kappa shape index (κ1) is 15.9. The minimum absolute atomic E-state index is 0.145. The largest absolute Gasteiger partial charge is 0.479 e. The third-order valence-corrected chi connectivity index (χ3v) is 2.75. The lowest BCUT2D eigenvalue weighted by Crippen LogP contribution is -2.27. The first-order chi connectivity index (χ1) is 9.36. The number of non-ortho nitro benzene ring substituents is 1. The van der Waals surface area contributed by atoms with Crippen LogP contribution in [0.15, 0.2) is 18.2 Å². The van der Waals surface area contributed by atoms with Crippen LogP contribution >= 0.6 is 0 Å². The van der Waals surface area contributed by atoms with Gasteiger partial charge in [0, 0.05) is 17.7 Å². The maximum Gasteiger partial charge on any atom is 0.344 e. The normalized spacial score (nSPS) is 13.6. The van der Waals surface area contributed by atoms with E-state index in [-0.39, 0.29) is 17.0 Å². The van der Waals surface area contributed by atoms with Crippen molar-refractivity contribution >= 4 is 11.7 Å². The molecule has 1 aromatic carbocycles. The van der Waals surface area contributed by atoms with E-state index in [1.54, 1.807) is 0 Å². The number of hydrogen-bond donors (Lipinski definition) is 2. The topological polar surface area (TPSA) is 110 Å². The summed E-state index contributed by atoms with van der Waals surface area (Å²) in [6.07, 6.45) is -1.11. The molecule has 0 heterocycles. The molecule has 0 aliphatic carbocycles. The van der Waals surface area contributed by atoms with Gasteiger partial charge in [-0.05, 0) is 19.4 Å². The van der Waals surface area contributed by atoms with Crippen LogP contribution in [0.1, 0.15) is 38.4 Å². The Bertz CT molecular complexity index is 500. The number of aliphatic carboxylic acids is 1. The Hall–Kier alpha value is -2.15. The number of carbonyl (C=O) groups is 1. The van der Waals surface area contributed by atoms with Crippen LogP contribution < -0.4 is 4.74 Å². The molecule has 0 aliphatic rings. The predicted octanol–water partition coefficient (Wildman–Crippen LogP) is 2.28. The Balaban J connectivity index is 3.10. The fourth-order valence-corrected chi connectivity index (χ4v) is 1.73. The van der Waals surface area contributed by atoms with Crippen molar-refractivity contribution in [3.8, 4) is 5.75 Å². The number of nitro groups is 1. The molecule has 2 N–H and O–H groups in total. The summed E-state index contributed by atoms with van der Waals surface area (Å²) in [5.74, 6) is -0.965. The van der Waals surface area contributed by atoms with E-state index in [9.17, 15) is 20.0 Å². The smallest absolute Gasteiger partial charge is 0.344 e. The molecule has 0 fully saturated rings. The second-order valence-corrected chi connectivity index (χ2v) is 4.39. The second kappa shape index (κ2) is 6.85. The average Bonchev–Trinajstić information content (AvgIpc) is 2.37. The summed E-state index contributed by atoms with van der Waals surface area (Å²) in [5, 5.41) is 29.4. The number of rotatable bonds is 7. The third kappa shape index (κ3) is 3.92. The van der Waals surface area contributed by atoms with E-state index in [0.29, 0.717) is 12.8 Å². The molecule has 0 bridgehead atoms. The van der Waals surface area contributed by atoms with Crippen LogP contribution in [0.3, 0.4) is 0 Å². The van der Waals surface area contributed by atoms with Gasteiger partial charge < -0.3 is 14.9 Å². The first-order valence-corrected chi connectivity index (χ1v) is 6.22. The van der Waals surface area contributed by atoms with Gasteiger partial charge in [0.1, 0.15) is 5.75 Å². The number of aliphatic hydroxyl groups is 1. The summed E-state index contributed by atoms with van der Waals surface area (Å²) in [7, 11) is 0. The van der Waals surface area contributed by atoms with Gasteiger partial charge in [0.25, 0.3) is 5.69 Å². The average molecular weight is 283 g/mol. The van der Waals surface area contributed by atoms with E-state index in [0.717, 1.165) is 0 Å². The van der Waals surface area contributed by atoms with Crippen molar-refractivity contribution in [3.05, 3.63) is 33.9 Å². The summed E-state index contributed by atoms with van der Waals surface area (Å²) in [6.45, 7) is 3.26. The summed E-state index contributed by atoms with van der Waals surface area (Å²) >= 11 is 0. The van der Waals surface area contributed by atoms with Gasteiger partial charge in [-0.2, -0.15) is 0 Å². The maximum atomic E-state index is 11.1. The van der Waals surface area contributed by atoms with Crippen molar-refractivity contribution in [1.29, 1.82) is 0 Å². The zero-order valence-corrected chi connectivity index (χ0v) is 11.3. The highest BCUT2D eigenvalue weighted by atomic mass is 16.6. The van der Waals surface area contributed by atoms with Crippen molar-refractivity contribution in [3.63, 3.8) is 0 Å². The fraction of sp³-hybridized carbons (Fsp3) is 0.462. The highest BCUT2D eigenvalue weighted by Crippen LogP contribution is 2.30. The Kier molecular flexibility index (Phi) is 5.45. The number of nitrogens with zero attached hydrogens (tertiary/aromatic N) is 1. The number of nitro benzene ring substituents is 1. The minimum Gasteiger partial charge on any atom is -0.479 e. The van der Waals surface area contributed by atoms with Gasteiger partial charge in [-0.15, -0.1) is 0 Å². The molecule has 20 heavy (non-hydrogen) atoms. The van der Waals surface area contributed by atoms with Crippen molar-refractivity contribution in [1.82, 2.24) is 0 Å². The molecule has 0 aromatic heterocycles. The van der Waals surface area contributed by atoms with E-state index in [1.807, 2.05) is 6.92 Å². The van der Waals surface area contributed by atoms with Crippen molar-refractivity contribution in [2.45, 2.75) is 38.9 Å². The van der Waals surface area contributed by atoms with Gasteiger partial charge in [0.15, 0.2) is 6.10 Å². The second-order valence-electron chi connectivity index (χ2n) is 4.39. The molecule has 0 saturated carbocycles. The zero-order chi connectivity index (χ0) is 15.3. The molecule has 1 rings (SSSR count). The van der Waals surface area contributed by atoms with Gasteiger partial charge in [-0.1, -0.05) is 13.3 Å². The standard InChI is InChI=1S/C13H17NO6/c1-3-4-12(13(16)17)20-11-6-5-9(14(18)19)7-10(11)8(2)15/h5-8,12,15H,3-4H2,1-2H3,(H,16,17). The number of ether oxygens (including phenoxy) is 1. The lowest BCUT2D eigenvalue weighted by Gasteiger charge is -2.18. The van der Waals surface area contributed by atoms with E-state index >= 15 is 0 Å². The molecule has 0 amide bonds. The minimum atomic E-state index is -1.11. The van der Waals surface area contributed by atoms with E-state index in [4.69, 9.17) is 9.84 Å². The quantitative estimate of drug-likeness (QED) is 0.586. The monoisotopic (exact) mass is 283 g/mol. The summed E-state index contributed by atoms with van der Waals surface area (Å²) in [4.78, 5) is 21.2. The van der Waals surface area contributed by atoms with Gasteiger partial charge in [0.05, 0.1) is 11.0 Å². The van der Waals surface area contributed by atoms with Crippen molar-refractivity contribution < 1.29 is 24.7 Å². The Labute approximate surface area is 116 Å². The molecule has 1 aromatic rings. The lowest BCUT2D eigenvalue weighted by molar-refractivity contribution is -0.385. The van der Waals surface area contributed by atoms with Crippen LogP contribution in [-0.4, -0.2) is 27.2 Å². The molecule has 7 nitrogen and oxygen atoms in total. The van der Waals surface area contributed by atoms with Crippen LogP contribution in [-0.2, 0) is 4.79 Å². The SMILES string of the molecule is CCCC(Oc1ccc([N+](=O)[O-])cc1C(C)O)C(=O)O. The molecule has 0 saturated heterocycles. The Morgan fingerprint density at radius 2 is 2.15 bits per heavy atom. The van der Waals surface area contributed by atoms with Crippen molar-refractivity contribution in [2.24, 2.45) is 0 Å². The van der Waals surface area contributed by atoms with Crippen LogP contribution in [0.2, 0.25) is 0 Å². The van der Waals surface area contributed by atoms with Gasteiger partial charge >= 0.3 is 5.97 Å². The Morgan fingerprint density at radius 1 is 1.50 bits per heavy atom. The third-order valence-electron chi connectivity index (χ3n) is 2.75. The molecular weight excluding hydrogens is 266 g/mol. The van der Waals surface area contributed by atoms with Crippen LogP contribution in [0, 0.1) is 10.1 Å². The molecule has 110 valence electrons. The van der Waals surface area contributed by atoms with Gasteiger partial charge in [0.2, 0.25) is 0 Å². The zero-order valence-electron chi connectivity index (χ0n) is 11.3.